The van der Waals surface area contributed by atoms with Crippen molar-refractivity contribution < 1.29 is 9.18 Å². The Morgan fingerprint density at radius 1 is 1.20 bits per heavy atom. The zero-order valence-electron chi connectivity index (χ0n) is 17.3. The first kappa shape index (κ1) is 20.7. The van der Waals surface area contributed by atoms with E-state index in [1.807, 2.05) is 48.2 Å². The number of nitrogens with zero attached hydrogens (tertiary/aromatic N) is 4. The predicted molar refractivity (Wildman–Crippen MR) is 120 cm³/mol. The number of piperazine rings is 1. The van der Waals surface area contributed by atoms with E-state index in [4.69, 9.17) is 11.6 Å². The van der Waals surface area contributed by atoms with E-state index in [1.54, 1.807) is 12.1 Å². The van der Waals surface area contributed by atoms with Crippen LogP contribution in [0.5, 0.6) is 0 Å². The van der Waals surface area contributed by atoms with Crippen LogP contribution < -0.4 is 4.90 Å². The third-order valence-electron chi connectivity index (χ3n) is 5.77. The highest BCUT2D eigenvalue weighted by molar-refractivity contribution is 6.31. The highest BCUT2D eigenvalue weighted by atomic mass is 35.5. The molecule has 2 aromatic carbocycles. The van der Waals surface area contributed by atoms with E-state index >= 15 is 0 Å². The van der Waals surface area contributed by atoms with Crippen LogP contribution in [0, 0.1) is 5.82 Å². The van der Waals surface area contributed by atoms with Crippen LogP contribution in [-0.2, 0) is 11.3 Å². The molecule has 0 aliphatic carbocycles. The molecule has 0 N–H and O–H groups in total. The second-order valence-electron chi connectivity index (χ2n) is 8.00. The normalized spacial score (nSPS) is 17.2. The number of rotatable bonds is 6. The Kier molecular flexibility index (Phi) is 5.97. The fourth-order valence-corrected chi connectivity index (χ4v) is 4.35. The van der Waals surface area contributed by atoms with Gasteiger partial charge in [-0.15, -0.1) is 0 Å². The van der Waals surface area contributed by atoms with Gasteiger partial charge in [0, 0.05) is 60.4 Å². The number of fused-ring (bicyclic) bond motifs is 1. The summed E-state index contributed by atoms with van der Waals surface area (Å²) in [5, 5.41) is 1.76. The Labute approximate surface area is 181 Å². The Balaban J connectivity index is 1.74. The standard InChI is InChI=1S/C23H26ClFN4O/c1-26(2)9-10-27-14-19(18-8-7-17(24)13-22(18)27)23-15-28(11-12-29(23)16-30)21-6-4-3-5-20(21)25/h3-8,13-14,16,23H,9-12,15H2,1-2H3. The van der Waals surface area contributed by atoms with Gasteiger partial charge in [-0.2, -0.15) is 0 Å². The number of carbonyl (C=O) groups is 1. The van der Waals surface area contributed by atoms with Crippen LogP contribution >= 0.6 is 11.6 Å². The number of para-hydroxylation sites is 1. The topological polar surface area (TPSA) is 31.7 Å². The summed E-state index contributed by atoms with van der Waals surface area (Å²) in [5.41, 5.74) is 2.69. The van der Waals surface area contributed by atoms with Gasteiger partial charge in [0.05, 0.1) is 11.7 Å². The molecule has 0 radical (unpaired) electrons. The summed E-state index contributed by atoms with van der Waals surface area (Å²) < 4.78 is 16.6. The van der Waals surface area contributed by atoms with Crippen molar-refractivity contribution in [3.8, 4) is 0 Å². The Morgan fingerprint density at radius 2 is 2.00 bits per heavy atom. The maximum atomic E-state index is 14.4. The lowest BCUT2D eigenvalue weighted by Crippen LogP contribution is -2.48. The van der Waals surface area contributed by atoms with E-state index in [0.29, 0.717) is 30.3 Å². The molecule has 0 saturated carbocycles. The lowest BCUT2D eigenvalue weighted by Gasteiger charge is -2.40. The highest BCUT2D eigenvalue weighted by Crippen LogP contribution is 2.35. The van der Waals surface area contributed by atoms with Gasteiger partial charge in [0.2, 0.25) is 6.41 Å². The number of hydrogen-bond donors (Lipinski definition) is 0. The van der Waals surface area contributed by atoms with Gasteiger partial charge in [-0.3, -0.25) is 4.79 Å². The van der Waals surface area contributed by atoms with E-state index < -0.39 is 0 Å². The fraction of sp³-hybridized carbons (Fsp3) is 0.348. The first-order valence-electron chi connectivity index (χ1n) is 10.1. The summed E-state index contributed by atoms with van der Waals surface area (Å²) >= 11 is 6.28. The molecule has 1 aromatic heterocycles. The molecule has 1 aliphatic heterocycles. The molecule has 1 fully saturated rings. The van der Waals surface area contributed by atoms with E-state index in [-0.39, 0.29) is 11.9 Å². The summed E-state index contributed by atoms with van der Waals surface area (Å²) in [4.78, 5) is 17.8. The molecule has 7 heteroatoms. The van der Waals surface area contributed by atoms with Crippen molar-refractivity contribution in [2.24, 2.45) is 0 Å². The number of halogens is 2. The molecule has 158 valence electrons. The van der Waals surface area contributed by atoms with E-state index in [9.17, 15) is 9.18 Å². The van der Waals surface area contributed by atoms with Crippen molar-refractivity contribution in [1.29, 1.82) is 0 Å². The number of benzene rings is 2. The maximum absolute atomic E-state index is 14.4. The minimum atomic E-state index is -0.240. The third-order valence-corrected chi connectivity index (χ3v) is 6.01. The van der Waals surface area contributed by atoms with Crippen LogP contribution in [0.4, 0.5) is 10.1 Å². The lowest BCUT2D eigenvalue weighted by molar-refractivity contribution is -0.120. The predicted octanol–water partition coefficient (Wildman–Crippen LogP) is 4.02. The summed E-state index contributed by atoms with van der Waals surface area (Å²) in [6.07, 6.45) is 3.03. The summed E-state index contributed by atoms with van der Waals surface area (Å²) in [7, 11) is 4.09. The molecular formula is C23H26ClFN4O. The van der Waals surface area contributed by atoms with Crippen molar-refractivity contribution in [3.05, 3.63) is 65.1 Å². The molecule has 1 amide bonds. The third kappa shape index (κ3) is 4.02. The van der Waals surface area contributed by atoms with E-state index in [0.717, 1.165) is 36.0 Å². The molecule has 30 heavy (non-hydrogen) atoms. The van der Waals surface area contributed by atoms with Gasteiger partial charge < -0.3 is 19.3 Å². The van der Waals surface area contributed by atoms with Crippen LogP contribution in [0.25, 0.3) is 10.9 Å². The molecular weight excluding hydrogens is 403 g/mol. The number of anilines is 1. The second-order valence-corrected chi connectivity index (χ2v) is 8.44. The average molecular weight is 429 g/mol. The van der Waals surface area contributed by atoms with Gasteiger partial charge in [-0.05, 0) is 38.4 Å². The van der Waals surface area contributed by atoms with E-state index in [2.05, 4.69) is 15.7 Å². The van der Waals surface area contributed by atoms with Crippen LogP contribution in [0.15, 0.2) is 48.7 Å². The minimum absolute atomic E-state index is 0.167. The van der Waals surface area contributed by atoms with Crippen molar-refractivity contribution in [2.75, 3.05) is 45.2 Å². The first-order chi connectivity index (χ1) is 14.5. The lowest BCUT2D eigenvalue weighted by atomic mass is 10.0. The number of carbonyl (C=O) groups excluding carboxylic acids is 1. The zero-order valence-corrected chi connectivity index (χ0v) is 18.0. The van der Waals surface area contributed by atoms with Gasteiger partial charge in [-0.25, -0.2) is 4.39 Å². The molecule has 1 aliphatic rings. The molecule has 0 bridgehead atoms. The fourth-order valence-electron chi connectivity index (χ4n) is 4.18. The molecule has 4 rings (SSSR count). The smallest absolute Gasteiger partial charge is 0.210 e. The molecule has 3 aromatic rings. The van der Waals surface area contributed by atoms with E-state index in [1.165, 1.54) is 6.07 Å². The quantitative estimate of drug-likeness (QED) is 0.556. The molecule has 1 atom stereocenters. The zero-order chi connectivity index (χ0) is 21.3. The highest BCUT2D eigenvalue weighted by Gasteiger charge is 2.31. The van der Waals surface area contributed by atoms with Gasteiger partial charge in [0.15, 0.2) is 0 Å². The first-order valence-corrected chi connectivity index (χ1v) is 10.5. The monoisotopic (exact) mass is 428 g/mol. The van der Waals surface area contributed by atoms with Gasteiger partial charge in [0.1, 0.15) is 5.82 Å². The molecule has 5 nitrogen and oxygen atoms in total. The van der Waals surface area contributed by atoms with Crippen molar-refractivity contribution in [2.45, 2.75) is 12.6 Å². The maximum Gasteiger partial charge on any atom is 0.210 e. The van der Waals surface area contributed by atoms with Crippen molar-refractivity contribution in [1.82, 2.24) is 14.4 Å². The SMILES string of the molecule is CN(C)CCn1cc(C2CN(c3ccccc3F)CCN2C=O)c2ccc(Cl)cc21. The summed E-state index contributed by atoms with van der Waals surface area (Å²) in [6.45, 7) is 3.38. The Hall–Kier alpha value is -2.57. The summed E-state index contributed by atoms with van der Waals surface area (Å²) in [6, 6.07) is 12.5. The Morgan fingerprint density at radius 3 is 2.73 bits per heavy atom. The van der Waals surface area contributed by atoms with Crippen LogP contribution in [0.3, 0.4) is 0 Å². The molecule has 1 saturated heterocycles. The van der Waals surface area contributed by atoms with Crippen molar-refractivity contribution >= 4 is 34.6 Å². The van der Waals surface area contributed by atoms with Gasteiger partial charge >= 0.3 is 0 Å². The van der Waals surface area contributed by atoms with Gasteiger partial charge in [0.25, 0.3) is 0 Å². The Bertz CT molecular complexity index is 1050. The van der Waals surface area contributed by atoms with Crippen molar-refractivity contribution in [3.63, 3.8) is 0 Å². The van der Waals surface area contributed by atoms with Gasteiger partial charge in [-0.1, -0.05) is 29.8 Å². The summed E-state index contributed by atoms with van der Waals surface area (Å²) in [5.74, 6) is -0.240. The van der Waals surface area contributed by atoms with Crippen LogP contribution in [0.1, 0.15) is 11.6 Å². The molecule has 1 unspecified atom stereocenters. The minimum Gasteiger partial charge on any atom is -0.365 e. The molecule has 0 spiro atoms. The number of amides is 1. The largest absolute Gasteiger partial charge is 0.365 e. The molecule has 2 heterocycles. The van der Waals surface area contributed by atoms with Crippen LogP contribution in [-0.4, -0.2) is 61.1 Å². The number of hydrogen-bond acceptors (Lipinski definition) is 3. The number of likely N-dealkylation sites (N-methyl/N-ethyl adjacent to an activating group) is 1. The second kappa shape index (κ2) is 8.66. The number of aromatic nitrogens is 1. The van der Waals surface area contributed by atoms with Crippen LogP contribution in [0.2, 0.25) is 5.02 Å². The average Bonchev–Trinajstić information content (AvgIpc) is 3.09.